The highest BCUT2D eigenvalue weighted by atomic mass is 35.5. The van der Waals surface area contributed by atoms with Crippen LogP contribution >= 0.6 is 22.9 Å². The van der Waals surface area contributed by atoms with Gasteiger partial charge in [0.1, 0.15) is 16.3 Å². The van der Waals surface area contributed by atoms with Gasteiger partial charge in [0, 0.05) is 19.0 Å². The number of anilines is 1. The summed E-state index contributed by atoms with van der Waals surface area (Å²) in [7, 11) is 2.98. The molecule has 136 valence electrons. The van der Waals surface area contributed by atoms with E-state index in [2.05, 4.69) is 10.3 Å². The Bertz CT molecular complexity index is 1010. The number of carbonyl (C=O) groups is 1. The fourth-order valence-electron chi connectivity index (χ4n) is 2.45. The Morgan fingerprint density at radius 3 is 2.81 bits per heavy atom. The zero-order valence-corrected chi connectivity index (χ0v) is 15.7. The van der Waals surface area contributed by atoms with Crippen molar-refractivity contribution < 1.29 is 14.3 Å². The van der Waals surface area contributed by atoms with Crippen molar-refractivity contribution in [2.45, 2.75) is 13.0 Å². The highest BCUT2D eigenvalue weighted by Crippen LogP contribution is 2.35. The van der Waals surface area contributed by atoms with Gasteiger partial charge in [0.05, 0.1) is 36.6 Å². The van der Waals surface area contributed by atoms with Crippen LogP contribution in [0.5, 0.6) is 11.5 Å². The molecule has 1 aromatic carbocycles. The maximum Gasteiger partial charge on any atom is 0.262 e. The van der Waals surface area contributed by atoms with Gasteiger partial charge in [-0.2, -0.15) is 0 Å². The molecule has 0 aliphatic carbocycles. The van der Waals surface area contributed by atoms with E-state index < -0.39 is 0 Å². The lowest BCUT2D eigenvalue weighted by molar-refractivity contribution is -0.116. The van der Waals surface area contributed by atoms with Crippen LogP contribution in [0.2, 0.25) is 5.02 Å². The highest BCUT2D eigenvalue weighted by molar-refractivity contribution is 7.16. The molecule has 0 radical (unpaired) electrons. The number of methoxy groups -OCH3 is 2. The molecular weight excluding hydrogens is 378 g/mol. The number of rotatable bonds is 6. The molecule has 0 atom stereocenters. The van der Waals surface area contributed by atoms with Crippen molar-refractivity contribution in [1.82, 2.24) is 9.55 Å². The fraction of sp³-hybridized carbons (Fsp3) is 0.235. The number of ether oxygens (including phenoxy) is 2. The molecule has 1 N–H and O–H groups in total. The van der Waals surface area contributed by atoms with E-state index in [9.17, 15) is 9.59 Å². The zero-order valence-electron chi connectivity index (χ0n) is 14.1. The number of nitrogens with zero attached hydrogens (tertiary/aromatic N) is 2. The largest absolute Gasteiger partial charge is 0.495 e. The van der Waals surface area contributed by atoms with E-state index in [1.54, 1.807) is 18.2 Å². The van der Waals surface area contributed by atoms with Gasteiger partial charge in [-0.3, -0.25) is 14.2 Å². The average molecular weight is 394 g/mol. The molecule has 0 unspecified atom stereocenters. The number of carbonyl (C=O) groups excluding carboxylic acids is 1. The van der Waals surface area contributed by atoms with Gasteiger partial charge in [0.2, 0.25) is 5.91 Å². The minimum absolute atomic E-state index is 0.101. The first-order valence-corrected chi connectivity index (χ1v) is 8.93. The summed E-state index contributed by atoms with van der Waals surface area (Å²) in [4.78, 5) is 29.5. The van der Waals surface area contributed by atoms with Crippen LogP contribution < -0.4 is 20.3 Å². The summed E-state index contributed by atoms with van der Waals surface area (Å²) in [5.41, 5.74) is 0.274. The first-order valence-electron chi connectivity index (χ1n) is 7.67. The van der Waals surface area contributed by atoms with Gasteiger partial charge >= 0.3 is 0 Å². The van der Waals surface area contributed by atoms with Crippen molar-refractivity contribution in [3.05, 3.63) is 45.3 Å². The molecule has 26 heavy (non-hydrogen) atoms. The third-order valence-electron chi connectivity index (χ3n) is 3.78. The van der Waals surface area contributed by atoms with E-state index in [1.165, 1.54) is 36.5 Å². The molecule has 2 heterocycles. The Hall–Kier alpha value is -2.58. The number of halogens is 1. The molecule has 2 aromatic heterocycles. The van der Waals surface area contributed by atoms with Crippen molar-refractivity contribution in [2.75, 3.05) is 19.5 Å². The number of aromatic nitrogens is 2. The number of benzene rings is 1. The number of nitrogens with one attached hydrogen (secondary N) is 1. The second-order valence-corrected chi connectivity index (χ2v) is 6.67. The topological polar surface area (TPSA) is 82.4 Å². The lowest BCUT2D eigenvalue weighted by Gasteiger charge is -2.13. The standard InChI is InChI=1S/C17H16ClN3O4S/c1-24-13-8-14(25-2)12(7-11(13)18)20-15(22)3-5-21-9-19-16-10(17(21)23)4-6-26-16/h4,6-9H,3,5H2,1-2H3,(H,20,22). The van der Waals surface area contributed by atoms with E-state index in [4.69, 9.17) is 21.1 Å². The van der Waals surface area contributed by atoms with Crippen LogP contribution in [-0.4, -0.2) is 29.7 Å². The minimum Gasteiger partial charge on any atom is -0.495 e. The van der Waals surface area contributed by atoms with Crippen LogP contribution in [0, 0.1) is 0 Å². The summed E-state index contributed by atoms with van der Waals surface area (Å²) in [6.07, 6.45) is 1.56. The van der Waals surface area contributed by atoms with Crippen LogP contribution in [0.25, 0.3) is 10.2 Å². The van der Waals surface area contributed by atoms with Crippen molar-refractivity contribution >= 4 is 44.7 Å². The zero-order chi connectivity index (χ0) is 18.7. The number of amides is 1. The lowest BCUT2D eigenvalue weighted by Crippen LogP contribution is -2.23. The second-order valence-electron chi connectivity index (χ2n) is 5.37. The van der Waals surface area contributed by atoms with E-state index >= 15 is 0 Å². The van der Waals surface area contributed by atoms with Gasteiger partial charge in [0.15, 0.2) is 0 Å². The highest BCUT2D eigenvalue weighted by Gasteiger charge is 2.13. The Morgan fingerprint density at radius 2 is 2.08 bits per heavy atom. The molecule has 0 fully saturated rings. The van der Waals surface area contributed by atoms with Crippen LogP contribution in [0.4, 0.5) is 5.69 Å². The summed E-state index contributed by atoms with van der Waals surface area (Å²) >= 11 is 7.50. The SMILES string of the molecule is COc1cc(OC)c(NC(=O)CCn2cnc3sccc3c2=O)cc1Cl. The summed E-state index contributed by atoms with van der Waals surface area (Å²) in [5, 5.41) is 5.46. The Morgan fingerprint density at radius 1 is 1.31 bits per heavy atom. The number of thiophene rings is 1. The van der Waals surface area contributed by atoms with Crippen LogP contribution in [0.1, 0.15) is 6.42 Å². The maximum absolute atomic E-state index is 12.3. The van der Waals surface area contributed by atoms with Crippen LogP contribution in [0.3, 0.4) is 0 Å². The van der Waals surface area contributed by atoms with Crippen LogP contribution in [-0.2, 0) is 11.3 Å². The third kappa shape index (κ3) is 3.66. The summed E-state index contributed by atoms with van der Waals surface area (Å²) in [6, 6.07) is 4.88. The quantitative estimate of drug-likeness (QED) is 0.695. The van der Waals surface area contributed by atoms with Gasteiger partial charge < -0.3 is 14.8 Å². The van der Waals surface area contributed by atoms with Gasteiger partial charge in [-0.25, -0.2) is 4.98 Å². The molecule has 3 rings (SSSR count). The number of fused-ring (bicyclic) bond motifs is 1. The lowest BCUT2D eigenvalue weighted by atomic mass is 10.2. The molecule has 3 aromatic rings. The summed E-state index contributed by atoms with van der Waals surface area (Å²) in [6.45, 7) is 0.218. The fourth-order valence-corrected chi connectivity index (χ4v) is 3.41. The Balaban J connectivity index is 1.72. The molecule has 1 amide bonds. The molecular formula is C17H16ClN3O4S. The van der Waals surface area contributed by atoms with E-state index in [1.807, 2.05) is 5.38 Å². The molecule has 9 heteroatoms. The van der Waals surface area contributed by atoms with Crippen molar-refractivity contribution in [2.24, 2.45) is 0 Å². The predicted octanol–water partition coefficient (Wildman–Crippen LogP) is 3.16. The Labute approximate surface area is 158 Å². The normalized spacial score (nSPS) is 10.7. The third-order valence-corrected chi connectivity index (χ3v) is 4.89. The maximum atomic E-state index is 12.3. The van der Waals surface area contributed by atoms with Gasteiger partial charge in [-0.05, 0) is 17.5 Å². The minimum atomic E-state index is -0.276. The first kappa shape index (κ1) is 18.2. The van der Waals surface area contributed by atoms with E-state index in [-0.39, 0.29) is 24.4 Å². The van der Waals surface area contributed by atoms with E-state index in [0.717, 1.165) is 0 Å². The molecule has 0 aliphatic heterocycles. The number of hydrogen-bond acceptors (Lipinski definition) is 6. The van der Waals surface area contributed by atoms with Crippen molar-refractivity contribution in [1.29, 1.82) is 0 Å². The van der Waals surface area contributed by atoms with Gasteiger partial charge in [-0.1, -0.05) is 11.6 Å². The molecule has 7 nitrogen and oxygen atoms in total. The van der Waals surface area contributed by atoms with Crippen molar-refractivity contribution in [3.8, 4) is 11.5 Å². The second kappa shape index (κ2) is 7.76. The smallest absolute Gasteiger partial charge is 0.262 e. The first-order chi connectivity index (χ1) is 12.5. The van der Waals surface area contributed by atoms with E-state index in [0.29, 0.717) is 32.4 Å². The number of hydrogen-bond donors (Lipinski definition) is 1. The Kier molecular flexibility index (Phi) is 5.43. The molecule has 0 bridgehead atoms. The molecule has 0 aliphatic rings. The number of aryl methyl sites for hydroxylation is 1. The van der Waals surface area contributed by atoms with Crippen LogP contribution in [0.15, 0.2) is 34.7 Å². The summed E-state index contributed by atoms with van der Waals surface area (Å²) < 4.78 is 11.8. The summed E-state index contributed by atoms with van der Waals surface area (Å²) in [5.74, 6) is 0.600. The molecule has 0 spiro atoms. The van der Waals surface area contributed by atoms with Gasteiger partial charge in [0.25, 0.3) is 5.56 Å². The van der Waals surface area contributed by atoms with Gasteiger partial charge in [-0.15, -0.1) is 11.3 Å². The van der Waals surface area contributed by atoms with Crippen molar-refractivity contribution in [3.63, 3.8) is 0 Å². The molecule has 0 saturated carbocycles. The monoisotopic (exact) mass is 393 g/mol. The predicted molar refractivity (Wildman–Crippen MR) is 102 cm³/mol. The average Bonchev–Trinajstić information content (AvgIpc) is 3.11. The molecule has 0 saturated heterocycles.